The fourth-order valence-corrected chi connectivity index (χ4v) is 6.58. The summed E-state index contributed by atoms with van der Waals surface area (Å²) in [5, 5.41) is 15.0. The summed E-state index contributed by atoms with van der Waals surface area (Å²) in [4.78, 5) is 20.1. The largest absolute Gasteiger partial charge is 0.573 e. The van der Waals surface area contributed by atoms with E-state index in [1.807, 2.05) is 24.3 Å². The second-order valence-corrected chi connectivity index (χ2v) is 12.8. The SMILES string of the molecule is COC[C@H](N)CCCc1cc(OC(F)(F)F)c(F)c(-c2cc3cn(-c4ccc([C@@H]5CCC[C@@H](C[C@H](C)NC(C)=N)N5)cc4)c(=O)nc3[nH]2)c1. The minimum Gasteiger partial charge on any atom is -0.403 e. The Labute approximate surface area is 281 Å². The standard InChI is InChI=1S/C35H43F4N7O3/c1-20(42-21(2)40)14-26-8-5-9-29(43-26)23-10-12-27(13-11-23)46-18-24-17-30(44-33(24)45-34(46)47)28-15-22(6-4-7-25(41)19-48-3)16-31(32(28)36)49-35(37,38)39/h10-13,15-18,20,25-26,29,43H,4-9,14,19,41H2,1-3H3,(H2,40,42)(H,44,45,47)/t20-,25+,26-,29-/m0/s1. The van der Waals surface area contributed by atoms with E-state index in [1.165, 1.54) is 17.7 Å². The van der Waals surface area contributed by atoms with Crippen LogP contribution in [0.4, 0.5) is 17.6 Å². The van der Waals surface area contributed by atoms with E-state index in [2.05, 4.69) is 32.3 Å². The number of nitrogens with zero attached hydrogens (tertiary/aromatic N) is 2. The monoisotopic (exact) mass is 685 g/mol. The highest BCUT2D eigenvalue weighted by Gasteiger charge is 2.33. The van der Waals surface area contributed by atoms with Gasteiger partial charge >= 0.3 is 12.1 Å². The number of hydrogen-bond donors (Lipinski definition) is 5. The maximum Gasteiger partial charge on any atom is 0.573 e. The molecule has 0 spiro atoms. The number of ether oxygens (including phenoxy) is 2. The molecule has 264 valence electrons. The molecule has 5 rings (SSSR count). The van der Waals surface area contributed by atoms with E-state index < -0.39 is 23.6 Å². The van der Waals surface area contributed by atoms with Gasteiger partial charge in [0.25, 0.3) is 0 Å². The average Bonchev–Trinajstić information content (AvgIpc) is 3.44. The highest BCUT2D eigenvalue weighted by Crippen LogP contribution is 2.35. The Kier molecular flexibility index (Phi) is 11.4. The molecule has 49 heavy (non-hydrogen) atoms. The molecule has 0 aliphatic carbocycles. The molecule has 0 amide bonds. The van der Waals surface area contributed by atoms with Crippen molar-refractivity contribution in [3.8, 4) is 22.7 Å². The van der Waals surface area contributed by atoms with Gasteiger partial charge in [-0.3, -0.25) is 9.98 Å². The lowest BCUT2D eigenvalue weighted by Crippen LogP contribution is -2.42. The van der Waals surface area contributed by atoms with Gasteiger partial charge in [0.2, 0.25) is 0 Å². The average molecular weight is 686 g/mol. The Morgan fingerprint density at radius 2 is 1.96 bits per heavy atom. The molecular weight excluding hydrogens is 642 g/mol. The number of aromatic nitrogens is 3. The van der Waals surface area contributed by atoms with Crippen molar-refractivity contribution in [2.75, 3.05) is 13.7 Å². The lowest BCUT2D eigenvalue weighted by molar-refractivity contribution is -0.275. The summed E-state index contributed by atoms with van der Waals surface area (Å²) < 4.78 is 65.5. The topological polar surface area (TPSA) is 143 Å². The van der Waals surface area contributed by atoms with Crippen molar-refractivity contribution < 1.29 is 27.0 Å². The number of fused-ring (bicyclic) bond motifs is 1. The first kappa shape index (κ1) is 36.0. The van der Waals surface area contributed by atoms with Crippen molar-refractivity contribution in [2.45, 2.75) is 89.3 Å². The Hall–Kier alpha value is -4.27. The van der Waals surface area contributed by atoms with Crippen LogP contribution in [0.5, 0.6) is 5.75 Å². The van der Waals surface area contributed by atoms with Crippen LogP contribution in [0.3, 0.4) is 0 Å². The van der Waals surface area contributed by atoms with E-state index in [1.54, 1.807) is 19.2 Å². The fraction of sp³-hybridized carbons (Fsp3) is 0.457. The number of hydrogen-bond acceptors (Lipinski definition) is 7. The Balaban J connectivity index is 1.38. The van der Waals surface area contributed by atoms with Crippen LogP contribution in [0.15, 0.2) is 53.5 Å². The minimum atomic E-state index is -5.09. The predicted molar refractivity (Wildman–Crippen MR) is 181 cm³/mol. The van der Waals surface area contributed by atoms with Gasteiger partial charge in [0.1, 0.15) is 5.65 Å². The highest BCUT2D eigenvalue weighted by atomic mass is 19.4. The van der Waals surface area contributed by atoms with E-state index in [-0.39, 0.29) is 35.0 Å². The zero-order valence-corrected chi connectivity index (χ0v) is 27.8. The van der Waals surface area contributed by atoms with Crippen LogP contribution in [-0.4, -0.2) is 58.6 Å². The Morgan fingerprint density at radius 1 is 1.20 bits per heavy atom. The summed E-state index contributed by atoms with van der Waals surface area (Å²) in [6.45, 7) is 4.15. The third-order valence-corrected chi connectivity index (χ3v) is 8.70. The maximum absolute atomic E-state index is 15.5. The van der Waals surface area contributed by atoms with E-state index in [0.717, 1.165) is 37.3 Å². The molecule has 1 aliphatic heterocycles. The number of amidine groups is 1. The van der Waals surface area contributed by atoms with Gasteiger partial charge in [-0.2, -0.15) is 4.98 Å². The number of aryl methyl sites for hydroxylation is 1. The molecule has 0 radical (unpaired) electrons. The van der Waals surface area contributed by atoms with Crippen LogP contribution >= 0.6 is 0 Å². The number of aromatic amines is 1. The molecule has 4 aromatic rings. The summed E-state index contributed by atoms with van der Waals surface area (Å²) in [6.07, 6.45) is 1.92. The molecule has 6 N–H and O–H groups in total. The molecule has 10 nitrogen and oxygen atoms in total. The smallest absolute Gasteiger partial charge is 0.403 e. The first-order valence-corrected chi connectivity index (χ1v) is 16.4. The van der Waals surface area contributed by atoms with Crippen LogP contribution < -0.4 is 26.8 Å². The molecule has 1 aliphatic rings. The molecule has 14 heteroatoms. The second-order valence-electron chi connectivity index (χ2n) is 12.8. The summed E-state index contributed by atoms with van der Waals surface area (Å²) in [5.74, 6) is -1.69. The number of alkyl halides is 3. The van der Waals surface area contributed by atoms with Crippen molar-refractivity contribution in [1.82, 2.24) is 25.2 Å². The molecule has 1 saturated heterocycles. The zero-order chi connectivity index (χ0) is 35.3. The van der Waals surface area contributed by atoms with Crippen molar-refractivity contribution in [3.05, 3.63) is 76.1 Å². The molecule has 3 heterocycles. The van der Waals surface area contributed by atoms with Gasteiger partial charge in [0.05, 0.1) is 23.8 Å². The molecule has 0 saturated carbocycles. The van der Waals surface area contributed by atoms with E-state index >= 15 is 4.39 Å². The molecule has 0 unspecified atom stereocenters. The number of piperidine rings is 1. The lowest BCUT2D eigenvalue weighted by atomic mass is 9.90. The first-order valence-electron chi connectivity index (χ1n) is 16.4. The predicted octanol–water partition coefficient (Wildman–Crippen LogP) is 6.26. The Bertz CT molecular complexity index is 1810. The minimum absolute atomic E-state index is 0.143. The third kappa shape index (κ3) is 9.46. The molecule has 1 fully saturated rings. The van der Waals surface area contributed by atoms with Gasteiger partial charge in [-0.05, 0) is 93.8 Å². The van der Waals surface area contributed by atoms with Crippen molar-refractivity contribution in [2.24, 2.45) is 5.73 Å². The first-order chi connectivity index (χ1) is 23.3. The van der Waals surface area contributed by atoms with Crippen molar-refractivity contribution in [1.29, 1.82) is 5.41 Å². The van der Waals surface area contributed by atoms with Crippen molar-refractivity contribution >= 4 is 16.9 Å². The normalized spacial score (nSPS) is 18.0. The zero-order valence-electron chi connectivity index (χ0n) is 27.8. The molecule has 4 atom stereocenters. The van der Waals surface area contributed by atoms with Gasteiger partial charge in [0.15, 0.2) is 11.6 Å². The van der Waals surface area contributed by atoms with Crippen LogP contribution in [0.25, 0.3) is 28.0 Å². The second kappa shape index (κ2) is 15.5. The summed E-state index contributed by atoms with van der Waals surface area (Å²) >= 11 is 0. The number of H-pyrrole nitrogens is 1. The molecule has 0 bridgehead atoms. The number of nitrogens with one attached hydrogen (secondary N) is 4. The van der Waals surface area contributed by atoms with Crippen LogP contribution in [-0.2, 0) is 11.2 Å². The van der Waals surface area contributed by atoms with Crippen molar-refractivity contribution in [3.63, 3.8) is 0 Å². The number of nitrogens with two attached hydrogens (primary N) is 1. The number of rotatable bonds is 13. The van der Waals surface area contributed by atoms with E-state index in [9.17, 15) is 18.0 Å². The van der Waals surface area contributed by atoms with Gasteiger partial charge in [-0.25, -0.2) is 9.18 Å². The number of methoxy groups -OCH3 is 1. The van der Waals surface area contributed by atoms with E-state index in [4.69, 9.17) is 15.9 Å². The third-order valence-electron chi connectivity index (χ3n) is 8.70. The highest BCUT2D eigenvalue weighted by molar-refractivity contribution is 5.83. The van der Waals surface area contributed by atoms with Crippen LogP contribution in [0, 0.1) is 11.2 Å². The van der Waals surface area contributed by atoms with Gasteiger partial charge in [-0.1, -0.05) is 18.6 Å². The number of halogens is 4. The maximum atomic E-state index is 15.5. The van der Waals surface area contributed by atoms with Crippen LogP contribution in [0.1, 0.15) is 69.5 Å². The molecule has 2 aromatic carbocycles. The summed E-state index contributed by atoms with van der Waals surface area (Å²) in [5.41, 5.74) is 7.68. The fourth-order valence-electron chi connectivity index (χ4n) is 6.58. The summed E-state index contributed by atoms with van der Waals surface area (Å²) in [6, 6.07) is 12.1. The number of benzene rings is 2. The van der Waals surface area contributed by atoms with Gasteiger partial charge in [-0.15, -0.1) is 13.2 Å². The molecular formula is C35H43F4N7O3. The van der Waals surface area contributed by atoms with E-state index in [0.29, 0.717) is 54.4 Å². The molecule has 2 aromatic heterocycles. The summed E-state index contributed by atoms with van der Waals surface area (Å²) in [7, 11) is 1.53. The van der Waals surface area contributed by atoms with Crippen LogP contribution in [0.2, 0.25) is 0 Å². The van der Waals surface area contributed by atoms with Gasteiger partial charge in [0, 0.05) is 48.4 Å². The quantitative estimate of drug-likeness (QED) is 0.0635. The lowest BCUT2D eigenvalue weighted by Gasteiger charge is -2.33. The Morgan fingerprint density at radius 3 is 2.65 bits per heavy atom. The van der Waals surface area contributed by atoms with Gasteiger partial charge < -0.3 is 30.8 Å².